The number of hydrogen-bond acceptors (Lipinski definition) is 4. The van der Waals surface area contributed by atoms with Crippen molar-refractivity contribution in [3.63, 3.8) is 0 Å². The molecule has 0 aliphatic rings. The average Bonchev–Trinajstić information content (AvgIpc) is 2.24. The van der Waals surface area contributed by atoms with Crippen LogP contribution in [0.3, 0.4) is 0 Å². The van der Waals surface area contributed by atoms with Gasteiger partial charge in [0.25, 0.3) is 0 Å². The largest absolute Gasteiger partial charge is 0.383 e. The van der Waals surface area contributed by atoms with Crippen molar-refractivity contribution in [1.82, 2.24) is 10.4 Å². The summed E-state index contributed by atoms with van der Waals surface area (Å²) in [6.45, 7) is 4.16. The van der Waals surface area contributed by atoms with Gasteiger partial charge in [0, 0.05) is 17.8 Å². The lowest BCUT2D eigenvalue weighted by atomic mass is 10.0. The molecule has 0 saturated heterocycles. The molecule has 0 aromatic carbocycles. The molecule has 0 aliphatic heterocycles. The van der Waals surface area contributed by atoms with Gasteiger partial charge >= 0.3 is 0 Å². The van der Waals surface area contributed by atoms with Crippen molar-refractivity contribution in [2.45, 2.75) is 39.2 Å². The van der Waals surface area contributed by atoms with Crippen molar-refractivity contribution in [3.8, 4) is 0 Å². The van der Waals surface area contributed by atoms with E-state index in [9.17, 15) is 0 Å². The second kappa shape index (κ2) is 5.68. The van der Waals surface area contributed by atoms with Crippen LogP contribution in [-0.2, 0) is 0 Å². The first-order valence-electron chi connectivity index (χ1n) is 5.37. The Morgan fingerprint density at radius 1 is 1.53 bits per heavy atom. The zero-order valence-corrected chi connectivity index (χ0v) is 9.46. The van der Waals surface area contributed by atoms with E-state index in [-0.39, 0.29) is 6.04 Å². The molecule has 1 unspecified atom stereocenters. The Morgan fingerprint density at radius 2 is 2.27 bits per heavy atom. The second-order valence-corrected chi connectivity index (χ2v) is 3.85. The Morgan fingerprint density at radius 3 is 2.87 bits per heavy atom. The molecule has 0 bridgehead atoms. The maximum atomic E-state index is 5.83. The van der Waals surface area contributed by atoms with E-state index in [1.54, 1.807) is 6.20 Å². The third kappa shape index (κ3) is 3.18. The monoisotopic (exact) mass is 208 g/mol. The van der Waals surface area contributed by atoms with Crippen LogP contribution in [0.1, 0.15) is 43.4 Å². The highest BCUT2D eigenvalue weighted by Gasteiger charge is 2.13. The number of nitrogens with one attached hydrogen (secondary N) is 1. The Hall–Kier alpha value is -1.13. The highest BCUT2D eigenvalue weighted by atomic mass is 15.2. The first-order valence-corrected chi connectivity index (χ1v) is 5.37. The first kappa shape index (κ1) is 11.9. The normalized spacial score (nSPS) is 12.7. The van der Waals surface area contributed by atoms with E-state index < -0.39 is 0 Å². The van der Waals surface area contributed by atoms with E-state index in [4.69, 9.17) is 11.6 Å². The van der Waals surface area contributed by atoms with Crippen LogP contribution in [0.25, 0.3) is 0 Å². The van der Waals surface area contributed by atoms with Gasteiger partial charge in [-0.1, -0.05) is 19.8 Å². The lowest BCUT2D eigenvalue weighted by molar-refractivity contribution is 0.495. The van der Waals surface area contributed by atoms with Crippen LogP contribution in [0.5, 0.6) is 0 Å². The maximum absolute atomic E-state index is 5.83. The highest BCUT2D eigenvalue weighted by molar-refractivity contribution is 5.42. The molecule has 5 N–H and O–H groups in total. The summed E-state index contributed by atoms with van der Waals surface area (Å²) < 4.78 is 0. The molecule has 0 spiro atoms. The molecule has 1 heterocycles. The molecule has 0 aliphatic carbocycles. The fourth-order valence-electron chi connectivity index (χ4n) is 1.62. The summed E-state index contributed by atoms with van der Waals surface area (Å²) in [5.74, 6) is 6.10. The summed E-state index contributed by atoms with van der Waals surface area (Å²) in [5.41, 5.74) is 10.7. The molecule has 0 saturated carbocycles. The summed E-state index contributed by atoms with van der Waals surface area (Å²) in [6.07, 6.45) is 5.04. The van der Waals surface area contributed by atoms with Crippen LogP contribution >= 0.6 is 0 Å². The lowest BCUT2D eigenvalue weighted by Gasteiger charge is -2.17. The zero-order valence-electron chi connectivity index (χ0n) is 9.46. The lowest BCUT2D eigenvalue weighted by Crippen LogP contribution is -2.28. The van der Waals surface area contributed by atoms with Crippen LogP contribution < -0.4 is 17.0 Å². The topological polar surface area (TPSA) is 77.0 Å². The molecule has 0 radical (unpaired) electrons. The van der Waals surface area contributed by atoms with Crippen LogP contribution in [0.4, 0.5) is 5.82 Å². The Bertz CT molecular complexity index is 311. The molecule has 4 heteroatoms. The number of hydrogen-bond donors (Lipinski definition) is 3. The standard InChI is InChI=1S/C11H20N4/c1-3-4-5-10(15-13)9-6-8(2)7-14-11(9)12/h6-7,10,15H,3-5,13H2,1-2H3,(H2,12,14). The van der Waals surface area contributed by atoms with Gasteiger partial charge in [0.05, 0.1) is 0 Å². The predicted molar refractivity (Wildman–Crippen MR) is 63.0 cm³/mol. The van der Waals surface area contributed by atoms with E-state index in [1.165, 1.54) is 0 Å². The van der Waals surface area contributed by atoms with Gasteiger partial charge < -0.3 is 5.73 Å². The molecule has 4 nitrogen and oxygen atoms in total. The average molecular weight is 208 g/mol. The number of hydrazine groups is 1. The third-order valence-corrected chi connectivity index (χ3v) is 2.51. The van der Waals surface area contributed by atoms with Crippen molar-refractivity contribution in [2.24, 2.45) is 5.84 Å². The van der Waals surface area contributed by atoms with Crippen molar-refractivity contribution >= 4 is 5.82 Å². The summed E-state index contributed by atoms with van der Waals surface area (Å²) in [6, 6.07) is 2.15. The fraction of sp³-hybridized carbons (Fsp3) is 0.545. The van der Waals surface area contributed by atoms with Crippen molar-refractivity contribution in [1.29, 1.82) is 0 Å². The van der Waals surface area contributed by atoms with Crippen molar-refractivity contribution < 1.29 is 0 Å². The third-order valence-electron chi connectivity index (χ3n) is 2.51. The highest BCUT2D eigenvalue weighted by Crippen LogP contribution is 2.23. The minimum atomic E-state index is 0.109. The number of aryl methyl sites for hydroxylation is 1. The van der Waals surface area contributed by atoms with E-state index >= 15 is 0 Å². The number of pyridine rings is 1. The maximum Gasteiger partial charge on any atom is 0.128 e. The SMILES string of the molecule is CCCCC(NN)c1cc(C)cnc1N. The van der Waals surface area contributed by atoms with Gasteiger partial charge in [-0.2, -0.15) is 0 Å². The van der Waals surface area contributed by atoms with Gasteiger partial charge in [0.2, 0.25) is 0 Å². The summed E-state index contributed by atoms with van der Waals surface area (Å²) in [5, 5.41) is 0. The Kier molecular flexibility index (Phi) is 4.52. The number of rotatable bonds is 5. The molecule has 15 heavy (non-hydrogen) atoms. The van der Waals surface area contributed by atoms with Crippen LogP contribution in [-0.4, -0.2) is 4.98 Å². The van der Waals surface area contributed by atoms with Gasteiger partial charge in [0.15, 0.2) is 0 Å². The first-order chi connectivity index (χ1) is 7.19. The Balaban J connectivity index is 2.85. The van der Waals surface area contributed by atoms with E-state index in [0.29, 0.717) is 5.82 Å². The predicted octanol–water partition coefficient (Wildman–Crippen LogP) is 1.67. The summed E-state index contributed by atoms with van der Waals surface area (Å²) in [7, 11) is 0. The second-order valence-electron chi connectivity index (χ2n) is 3.85. The molecule has 0 fully saturated rings. The number of nitrogens with two attached hydrogens (primary N) is 2. The summed E-state index contributed by atoms with van der Waals surface area (Å²) >= 11 is 0. The zero-order chi connectivity index (χ0) is 11.3. The number of aromatic nitrogens is 1. The van der Waals surface area contributed by atoms with Gasteiger partial charge in [-0.25, -0.2) is 4.98 Å². The van der Waals surface area contributed by atoms with E-state index in [0.717, 1.165) is 30.4 Å². The smallest absolute Gasteiger partial charge is 0.128 e. The molecule has 1 rings (SSSR count). The van der Waals surface area contributed by atoms with Gasteiger partial charge in [0.1, 0.15) is 5.82 Å². The van der Waals surface area contributed by atoms with Gasteiger partial charge in [-0.15, -0.1) is 0 Å². The molecule has 1 aromatic heterocycles. The minimum absolute atomic E-state index is 0.109. The van der Waals surface area contributed by atoms with Crippen molar-refractivity contribution in [2.75, 3.05) is 5.73 Å². The number of nitrogens with zero attached hydrogens (tertiary/aromatic N) is 1. The van der Waals surface area contributed by atoms with Crippen LogP contribution in [0.2, 0.25) is 0 Å². The quantitative estimate of drug-likeness (QED) is 0.508. The molecule has 0 amide bonds. The molecule has 1 aromatic rings. The van der Waals surface area contributed by atoms with E-state index in [2.05, 4.69) is 17.3 Å². The number of nitrogen functional groups attached to an aromatic ring is 1. The van der Waals surface area contributed by atoms with Gasteiger partial charge in [-0.3, -0.25) is 11.3 Å². The molecular weight excluding hydrogens is 188 g/mol. The number of unbranched alkanes of at least 4 members (excludes halogenated alkanes) is 1. The fourth-order valence-corrected chi connectivity index (χ4v) is 1.62. The molecule has 1 atom stereocenters. The summed E-state index contributed by atoms with van der Waals surface area (Å²) in [4.78, 5) is 4.14. The Labute approximate surface area is 91.0 Å². The van der Waals surface area contributed by atoms with Crippen molar-refractivity contribution in [3.05, 3.63) is 23.4 Å². The number of anilines is 1. The van der Waals surface area contributed by atoms with Crippen LogP contribution in [0, 0.1) is 6.92 Å². The van der Waals surface area contributed by atoms with Gasteiger partial charge in [-0.05, 0) is 25.0 Å². The minimum Gasteiger partial charge on any atom is -0.383 e. The molecular formula is C11H20N4. The van der Waals surface area contributed by atoms with E-state index in [1.807, 2.05) is 13.0 Å². The molecule has 84 valence electrons. The van der Waals surface area contributed by atoms with Crippen LogP contribution in [0.15, 0.2) is 12.3 Å².